The lowest BCUT2D eigenvalue weighted by Crippen LogP contribution is -2.33. The summed E-state index contributed by atoms with van der Waals surface area (Å²) < 4.78 is 32.1. The fourth-order valence-corrected chi connectivity index (χ4v) is 3.51. The normalized spacial score (nSPS) is 28.2. The lowest BCUT2D eigenvalue weighted by molar-refractivity contribution is -0.0762. The topological polar surface area (TPSA) is 47.9 Å². The molecule has 6 heteroatoms. The van der Waals surface area contributed by atoms with Gasteiger partial charge in [-0.25, -0.2) is 4.39 Å². The SMILES string of the molecule is CC1(c2ccc(Cl)cc2F)Oc2cccc(C3CCC(O)CO3)c2O1. The summed E-state index contributed by atoms with van der Waals surface area (Å²) in [7, 11) is 0. The summed E-state index contributed by atoms with van der Waals surface area (Å²) in [6.45, 7) is 1.97. The van der Waals surface area contributed by atoms with Crippen molar-refractivity contribution in [3.05, 3.63) is 58.4 Å². The number of rotatable bonds is 2. The van der Waals surface area contributed by atoms with Crippen LogP contribution in [0.3, 0.4) is 0 Å². The van der Waals surface area contributed by atoms with Gasteiger partial charge in [0.2, 0.25) is 0 Å². The van der Waals surface area contributed by atoms with Gasteiger partial charge in [-0.3, -0.25) is 0 Å². The molecule has 4 rings (SSSR count). The van der Waals surface area contributed by atoms with E-state index in [1.54, 1.807) is 25.1 Å². The van der Waals surface area contributed by atoms with Crippen LogP contribution in [0, 0.1) is 5.82 Å². The van der Waals surface area contributed by atoms with Crippen LogP contribution in [-0.2, 0) is 10.5 Å². The Morgan fingerprint density at radius 3 is 2.76 bits per heavy atom. The molecule has 0 radical (unpaired) electrons. The van der Waals surface area contributed by atoms with E-state index in [0.29, 0.717) is 29.4 Å². The number of aliphatic hydroxyl groups is 1. The van der Waals surface area contributed by atoms with Gasteiger partial charge >= 0.3 is 0 Å². The van der Waals surface area contributed by atoms with E-state index in [2.05, 4.69) is 0 Å². The van der Waals surface area contributed by atoms with E-state index in [1.165, 1.54) is 6.07 Å². The second-order valence-electron chi connectivity index (χ2n) is 6.50. The van der Waals surface area contributed by atoms with Crippen LogP contribution in [-0.4, -0.2) is 17.8 Å². The molecule has 1 N–H and O–H groups in total. The average Bonchev–Trinajstić information content (AvgIpc) is 2.92. The maximum Gasteiger partial charge on any atom is 0.278 e. The fourth-order valence-electron chi connectivity index (χ4n) is 3.35. The van der Waals surface area contributed by atoms with Gasteiger partial charge in [-0.15, -0.1) is 0 Å². The molecule has 1 fully saturated rings. The Balaban J connectivity index is 1.67. The van der Waals surface area contributed by atoms with E-state index in [1.807, 2.05) is 12.1 Å². The number of halogens is 2. The number of aliphatic hydroxyl groups excluding tert-OH is 1. The molecule has 2 heterocycles. The van der Waals surface area contributed by atoms with Crippen molar-refractivity contribution in [2.24, 2.45) is 0 Å². The lowest BCUT2D eigenvalue weighted by Gasteiger charge is -2.28. The van der Waals surface area contributed by atoms with Crippen LogP contribution < -0.4 is 9.47 Å². The van der Waals surface area contributed by atoms with Gasteiger partial charge < -0.3 is 19.3 Å². The molecule has 0 amide bonds. The molecule has 2 aliphatic heterocycles. The third-order valence-electron chi connectivity index (χ3n) is 4.63. The van der Waals surface area contributed by atoms with Crippen molar-refractivity contribution >= 4 is 11.6 Å². The van der Waals surface area contributed by atoms with E-state index in [4.69, 9.17) is 25.8 Å². The molecule has 1 saturated heterocycles. The largest absolute Gasteiger partial charge is 0.444 e. The first kappa shape index (κ1) is 16.6. The second-order valence-corrected chi connectivity index (χ2v) is 6.94. The number of hydrogen-bond donors (Lipinski definition) is 1. The zero-order chi connectivity index (χ0) is 17.6. The molecule has 2 aliphatic rings. The van der Waals surface area contributed by atoms with Crippen molar-refractivity contribution in [3.8, 4) is 11.5 Å². The summed E-state index contributed by atoms with van der Waals surface area (Å²) >= 11 is 5.84. The minimum Gasteiger partial charge on any atom is -0.444 e. The Kier molecular flexibility index (Phi) is 4.10. The molecule has 0 aliphatic carbocycles. The summed E-state index contributed by atoms with van der Waals surface area (Å²) in [5, 5.41) is 9.93. The molecule has 25 heavy (non-hydrogen) atoms. The maximum atomic E-state index is 14.4. The zero-order valence-electron chi connectivity index (χ0n) is 13.7. The van der Waals surface area contributed by atoms with Gasteiger partial charge in [0.05, 0.1) is 24.4 Å². The van der Waals surface area contributed by atoms with Gasteiger partial charge in [0.15, 0.2) is 11.5 Å². The number of hydrogen-bond acceptors (Lipinski definition) is 4. The summed E-state index contributed by atoms with van der Waals surface area (Å²) in [4.78, 5) is 0. The van der Waals surface area contributed by atoms with Crippen molar-refractivity contribution in [1.82, 2.24) is 0 Å². The van der Waals surface area contributed by atoms with E-state index in [0.717, 1.165) is 5.56 Å². The minimum absolute atomic E-state index is 0.181. The molecule has 4 nitrogen and oxygen atoms in total. The number of ether oxygens (including phenoxy) is 3. The smallest absolute Gasteiger partial charge is 0.278 e. The first-order valence-corrected chi connectivity index (χ1v) is 8.60. The van der Waals surface area contributed by atoms with Crippen LogP contribution in [0.25, 0.3) is 0 Å². The second kappa shape index (κ2) is 6.16. The van der Waals surface area contributed by atoms with Gasteiger partial charge in [-0.2, -0.15) is 0 Å². The minimum atomic E-state index is -1.28. The van der Waals surface area contributed by atoms with E-state index in [9.17, 15) is 9.50 Å². The van der Waals surface area contributed by atoms with Crippen molar-refractivity contribution in [1.29, 1.82) is 0 Å². The maximum absolute atomic E-state index is 14.4. The van der Waals surface area contributed by atoms with Gasteiger partial charge in [0.25, 0.3) is 5.79 Å². The molecule has 3 atom stereocenters. The summed E-state index contributed by atoms with van der Waals surface area (Å²) in [5.41, 5.74) is 1.13. The Bertz CT molecular complexity index is 804. The van der Waals surface area contributed by atoms with Crippen LogP contribution in [0.2, 0.25) is 5.02 Å². The third-order valence-corrected chi connectivity index (χ3v) is 4.87. The molecular weight excluding hydrogens is 347 g/mol. The first-order chi connectivity index (χ1) is 12.0. The molecule has 0 spiro atoms. The predicted octanol–water partition coefficient (Wildman–Crippen LogP) is 4.34. The van der Waals surface area contributed by atoms with Crippen LogP contribution in [0.15, 0.2) is 36.4 Å². The van der Waals surface area contributed by atoms with Crippen molar-refractivity contribution < 1.29 is 23.7 Å². The van der Waals surface area contributed by atoms with Crippen molar-refractivity contribution in [2.45, 2.75) is 37.8 Å². The summed E-state index contributed by atoms with van der Waals surface area (Å²) in [6, 6.07) is 9.97. The Labute approximate surface area is 150 Å². The molecule has 132 valence electrons. The standard InChI is InChI=1S/C19H18ClFO4/c1-19(14-7-5-11(20)9-15(14)21)24-17-4-2-3-13(18(17)25-19)16-8-6-12(22)10-23-16/h2-5,7,9,12,16,22H,6,8,10H2,1H3. The van der Waals surface area contributed by atoms with Crippen LogP contribution >= 0.6 is 11.6 Å². The van der Waals surface area contributed by atoms with Crippen LogP contribution in [0.1, 0.15) is 37.0 Å². The molecule has 0 saturated carbocycles. The Hall–Kier alpha value is -1.82. The highest BCUT2D eigenvalue weighted by Crippen LogP contribution is 2.49. The summed E-state index contributed by atoms with van der Waals surface area (Å²) in [5.74, 6) is -0.660. The summed E-state index contributed by atoms with van der Waals surface area (Å²) in [6.07, 6.45) is 0.739. The molecule has 0 aromatic heterocycles. The van der Waals surface area contributed by atoms with E-state index < -0.39 is 17.7 Å². The van der Waals surface area contributed by atoms with E-state index in [-0.39, 0.29) is 18.3 Å². The van der Waals surface area contributed by atoms with Crippen LogP contribution in [0.5, 0.6) is 11.5 Å². The predicted molar refractivity (Wildman–Crippen MR) is 90.4 cm³/mol. The monoisotopic (exact) mass is 364 g/mol. The molecule has 2 aromatic rings. The first-order valence-electron chi connectivity index (χ1n) is 8.22. The molecular formula is C19H18ClFO4. The number of benzene rings is 2. The van der Waals surface area contributed by atoms with Crippen molar-refractivity contribution in [2.75, 3.05) is 6.61 Å². The Morgan fingerprint density at radius 2 is 2.04 bits per heavy atom. The highest BCUT2D eigenvalue weighted by atomic mass is 35.5. The molecule has 2 aromatic carbocycles. The lowest BCUT2D eigenvalue weighted by atomic mass is 9.99. The fraction of sp³-hybridized carbons (Fsp3) is 0.368. The Morgan fingerprint density at radius 1 is 1.20 bits per heavy atom. The zero-order valence-corrected chi connectivity index (χ0v) is 14.4. The molecule has 0 bridgehead atoms. The van der Waals surface area contributed by atoms with Gasteiger partial charge in [-0.1, -0.05) is 23.7 Å². The van der Waals surface area contributed by atoms with Crippen molar-refractivity contribution in [3.63, 3.8) is 0 Å². The number of fused-ring (bicyclic) bond motifs is 1. The highest BCUT2D eigenvalue weighted by Gasteiger charge is 2.43. The van der Waals surface area contributed by atoms with Crippen LogP contribution in [0.4, 0.5) is 4.39 Å². The van der Waals surface area contributed by atoms with E-state index >= 15 is 0 Å². The highest BCUT2D eigenvalue weighted by molar-refractivity contribution is 6.30. The average molecular weight is 365 g/mol. The number of para-hydroxylation sites is 1. The van der Waals surface area contributed by atoms with Gasteiger partial charge in [0, 0.05) is 17.5 Å². The third kappa shape index (κ3) is 2.97. The quantitative estimate of drug-likeness (QED) is 0.861. The van der Waals surface area contributed by atoms with Gasteiger partial charge in [-0.05, 0) is 37.1 Å². The molecule has 3 unspecified atom stereocenters. The van der Waals surface area contributed by atoms with Gasteiger partial charge in [0.1, 0.15) is 5.82 Å².